The van der Waals surface area contributed by atoms with Crippen molar-refractivity contribution < 1.29 is 27.2 Å². The van der Waals surface area contributed by atoms with Gasteiger partial charge in [0.15, 0.2) is 0 Å². The predicted octanol–water partition coefficient (Wildman–Crippen LogP) is 4.85. The monoisotopic (exact) mass is 430 g/mol. The van der Waals surface area contributed by atoms with Crippen molar-refractivity contribution in [2.75, 3.05) is 17.3 Å². The van der Waals surface area contributed by atoms with Crippen molar-refractivity contribution in [1.29, 1.82) is 0 Å². The molecule has 0 saturated heterocycles. The summed E-state index contributed by atoms with van der Waals surface area (Å²) in [6.07, 6.45) is -2.69. The third-order valence-corrected chi connectivity index (χ3v) is 4.40. The largest absolute Gasteiger partial charge is 0.467 e. The fourth-order valence-corrected chi connectivity index (χ4v) is 2.75. The Kier molecular flexibility index (Phi) is 7.73. The minimum absolute atomic E-state index is 0.0192. The molecule has 1 aromatic heterocycles. The highest BCUT2D eigenvalue weighted by Crippen LogP contribution is 2.33. The molecule has 0 aliphatic rings. The van der Waals surface area contributed by atoms with Gasteiger partial charge in [-0.15, -0.1) is 11.6 Å². The van der Waals surface area contributed by atoms with Crippen LogP contribution in [0.2, 0.25) is 0 Å². The number of carbonyl (C=O) groups excluding carboxylic acids is 2. The second kappa shape index (κ2) is 9.82. The average molecular weight is 431 g/mol. The summed E-state index contributed by atoms with van der Waals surface area (Å²) in [5.41, 5.74) is -1.25. The van der Waals surface area contributed by atoms with Crippen LogP contribution in [0.25, 0.3) is 0 Å². The van der Waals surface area contributed by atoms with Gasteiger partial charge in [-0.1, -0.05) is 13.8 Å². The molecular formula is C20H22ClF3N2O3. The number of nitrogens with one attached hydrogen (secondary N) is 1. The van der Waals surface area contributed by atoms with Crippen LogP contribution in [0, 0.1) is 5.92 Å². The first-order valence-corrected chi connectivity index (χ1v) is 9.54. The van der Waals surface area contributed by atoms with E-state index in [4.69, 9.17) is 16.0 Å². The molecule has 0 saturated carbocycles. The number of hydrogen-bond acceptors (Lipinski definition) is 3. The molecule has 2 aromatic rings. The van der Waals surface area contributed by atoms with E-state index in [9.17, 15) is 22.8 Å². The molecule has 0 atom stereocenters. The Balaban J connectivity index is 2.37. The highest BCUT2D eigenvalue weighted by atomic mass is 35.5. The molecule has 0 spiro atoms. The summed E-state index contributed by atoms with van der Waals surface area (Å²) in [7, 11) is 0. The maximum Gasteiger partial charge on any atom is 0.416 e. The highest BCUT2D eigenvalue weighted by Gasteiger charge is 2.33. The van der Waals surface area contributed by atoms with Crippen molar-refractivity contribution in [3.8, 4) is 0 Å². The zero-order valence-corrected chi connectivity index (χ0v) is 16.8. The van der Waals surface area contributed by atoms with Gasteiger partial charge in [-0.05, 0) is 42.7 Å². The van der Waals surface area contributed by atoms with Crippen LogP contribution in [0.5, 0.6) is 0 Å². The molecule has 1 aromatic carbocycles. The Hall–Kier alpha value is -2.48. The van der Waals surface area contributed by atoms with E-state index < -0.39 is 23.6 Å². The van der Waals surface area contributed by atoms with Gasteiger partial charge in [0.2, 0.25) is 5.91 Å². The van der Waals surface area contributed by atoms with Crippen LogP contribution in [-0.2, 0) is 17.5 Å². The second-order valence-electron chi connectivity index (χ2n) is 6.89. The molecule has 1 heterocycles. The molecule has 5 nitrogen and oxygen atoms in total. The fraction of sp³-hybridized carbons (Fsp3) is 0.400. The number of halogens is 4. The van der Waals surface area contributed by atoms with E-state index in [1.54, 1.807) is 12.1 Å². The van der Waals surface area contributed by atoms with Crippen LogP contribution in [0.1, 0.15) is 41.9 Å². The summed E-state index contributed by atoms with van der Waals surface area (Å²) < 4.78 is 45.3. The van der Waals surface area contributed by atoms with Gasteiger partial charge < -0.3 is 14.6 Å². The number of alkyl halides is 4. The quantitative estimate of drug-likeness (QED) is 0.609. The molecule has 158 valence electrons. The Morgan fingerprint density at radius 2 is 1.97 bits per heavy atom. The molecule has 0 bridgehead atoms. The molecule has 0 aliphatic carbocycles. The minimum atomic E-state index is -4.68. The van der Waals surface area contributed by atoms with Crippen LogP contribution in [0.15, 0.2) is 41.0 Å². The number of nitrogens with zero attached hydrogens (tertiary/aromatic N) is 1. The van der Waals surface area contributed by atoms with E-state index in [1.807, 2.05) is 13.8 Å². The second-order valence-corrected chi connectivity index (χ2v) is 7.16. The molecule has 2 rings (SSSR count). The standard InChI is InChI=1S/C20H22ClF3N2O3/c1-13(2)5-6-26(18(27)11-21)16-9-14(8-15(10-16)20(22,23)24)19(28)25-12-17-4-3-7-29-17/h3-4,7-10,13H,5-6,11-12H2,1-2H3,(H,25,28). The van der Waals surface area contributed by atoms with Gasteiger partial charge in [0.25, 0.3) is 5.91 Å². The first-order chi connectivity index (χ1) is 13.6. The lowest BCUT2D eigenvalue weighted by atomic mass is 10.1. The third kappa shape index (κ3) is 6.52. The third-order valence-electron chi connectivity index (χ3n) is 4.17. The SMILES string of the molecule is CC(C)CCN(C(=O)CCl)c1cc(C(=O)NCc2ccco2)cc(C(F)(F)F)c1. The maximum atomic E-state index is 13.4. The normalized spacial score (nSPS) is 11.6. The topological polar surface area (TPSA) is 62.6 Å². The van der Waals surface area contributed by atoms with Crippen molar-refractivity contribution in [2.45, 2.75) is 33.0 Å². The lowest BCUT2D eigenvalue weighted by molar-refractivity contribution is -0.137. The Bertz CT molecular complexity index is 836. The first kappa shape index (κ1) is 22.8. The maximum absolute atomic E-state index is 13.4. The number of amides is 2. The lowest BCUT2D eigenvalue weighted by Gasteiger charge is -2.24. The van der Waals surface area contributed by atoms with Gasteiger partial charge in [-0.25, -0.2) is 0 Å². The summed E-state index contributed by atoms with van der Waals surface area (Å²) in [5, 5.41) is 2.51. The van der Waals surface area contributed by atoms with E-state index in [1.165, 1.54) is 17.2 Å². The van der Waals surface area contributed by atoms with Crippen LogP contribution in [-0.4, -0.2) is 24.2 Å². The zero-order valence-electron chi connectivity index (χ0n) is 16.1. The number of carbonyl (C=O) groups is 2. The van der Waals surface area contributed by atoms with Crippen molar-refractivity contribution in [2.24, 2.45) is 5.92 Å². The van der Waals surface area contributed by atoms with Crippen LogP contribution in [0.3, 0.4) is 0 Å². The van der Waals surface area contributed by atoms with Gasteiger partial charge in [0, 0.05) is 17.8 Å². The lowest BCUT2D eigenvalue weighted by Crippen LogP contribution is -2.34. The smallest absolute Gasteiger partial charge is 0.416 e. The molecular weight excluding hydrogens is 409 g/mol. The van der Waals surface area contributed by atoms with Crippen molar-refractivity contribution in [3.63, 3.8) is 0 Å². The molecule has 9 heteroatoms. The average Bonchev–Trinajstić information content (AvgIpc) is 3.18. The van der Waals surface area contributed by atoms with Gasteiger partial charge in [-0.2, -0.15) is 13.2 Å². The predicted molar refractivity (Wildman–Crippen MR) is 104 cm³/mol. The van der Waals surface area contributed by atoms with E-state index in [0.717, 1.165) is 12.1 Å². The van der Waals surface area contributed by atoms with Crippen LogP contribution < -0.4 is 10.2 Å². The zero-order chi connectivity index (χ0) is 21.6. The van der Waals surface area contributed by atoms with Crippen molar-refractivity contribution in [1.82, 2.24) is 5.32 Å². The Morgan fingerprint density at radius 3 is 2.52 bits per heavy atom. The Labute approximate surface area is 171 Å². The number of benzene rings is 1. The molecule has 1 N–H and O–H groups in total. The fourth-order valence-electron chi connectivity index (χ4n) is 2.60. The summed E-state index contributed by atoms with van der Waals surface area (Å²) >= 11 is 5.65. The van der Waals surface area contributed by atoms with Gasteiger partial charge >= 0.3 is 6.18 Å². The minimum Gasteiger partial charge on any atom is -0.467 e. The molecule has 0 radical (unpaired) electrons. The first-order valence-electron chi connectivity index (χ1n) is 9.01. The number of rotatable bonds is 8. The summed E-state index contributed by atoms with van der Waals surface area (Å²) in [6, 6.07) is 6.14. The van der Waals surface area contributed by atoms with E-state index in [-0.39, 0.29) is 36.1 Å². The van der Waals surface area contributed by atoms with Gasteiger partial charge in [0.1, 0.15) is 11.6 Å². The van der Waals surface area contributed by atoms with Crippen molar-refractivity contribution in [3.05, 3.63) is 53.5 Å². The summed E-state index contributed by atoms with van der Waals surface area (Å²) in [4.78, 5) is 25.9. The number of hydrogen-bond donors (Lipinski definition) is 1. The van der Waals surface area contributed by atoms with Crippen LogP contribution >= 0.6 is 11.6 Å². The molecule has 2 amide bonds. The molecule has 29 heavy (non-hydrogen) atoms. The van der Waals surface area contributed by atoms with E-state index in [2.05, 4.69) is 5.32 Å². The number of furan rings is 1. The molecule has 0 aliphatic heterocycles. The highest BCUT2D eigenvalue weighted by molar-refractivity contribution is 6.29. The van der Waals surface area contributed by atoms with Gasteiger partial charge in [-0.3, -0.25) is 9.59 Å². The number of anilines is 1. The summed E-state index contributed by atoms with van der Waals surface area (Å²) in [5.74, 6) is -0.942. The Morgan fingerprint density at radius 1 is 1.24 bits per heavy atom. The van der Waals surface area contributed by atoms with E-state index >= 15 is 0 Å². The van der Waals surface area contributed by atoms with Gasteiger partial charge in [0.05, 0.1) is 18.4 Å². The van der Waals surface area contributed by atoms with E-state index in [0.29, 0.717) is 12.2 Å². The van der Waals surface area contributed by atoms with Crippen molar-refractivity contribution >= 4 is 29.1 Å². The van der Waals surface area contributed by atoms with Crippen LogP contribution in [0.4, 0.5) is 18.9 Å². The molecule has 0 unspecified atom stereocenters. The summed E-state index contributed by atoms with van der Waals surface area (Å²) in [6.45, 7) is 4.08. The molecule has 0 fully saturated rings.